The van der Waals surface area contributed by atoms with Gasteiger partial charge >= 0.3 is 0 Å². The van der Waals surface area contributed by atoms with Crippen LogP contribution in [0.25, 0.3) is 23.0 Å². The molecular weight excluding hydrogens is 498 g/mol. The minimum Gasteiger partial charge on any atom is -0.494 e. The Balaban J connectivity index is 1.70. The highest BCUT2D eigenvalue weighted by Gasteiger charge is 2.33. The summed E-state index contributed by atoms with van der Waals surface area (Å²) in [6.45, 7) is 9.74. The quantitative estimate of drug-likeness (QED) is 0.187. The van der Waals surface area contributed by atoms with Crippen molar-refractivity contribution >= 4 is 40.3 Å². The van der Waals surface area contributed by atoms with Gasteiger partial charge in [0, 0.05) is 23.9 Å². The van der Waals surface area contributed by atoms with Crippen LogP contribution in [0.4, 0.5) is 0 Å². The Morgan fingerprint density at radius 3 is 2.59 bits per heavy atom. The standard InChI is InChI=1S/C30H35N3O2S2/c1-5-8-12-22(6-2)19-32-29(34)27(37-30(32)36)18-23-20-33(24-13-10-9-11-14-24)31-28(23)26-16-15-25(35-7-3)17-21(26)4/h9-11,13-18,20,22H,5-8,12,19H2,1-4H3. The lowest BCUT2D eigenvalue weighted by atomic mass is 9.99. The van der Waals surface area contributed by atoms with E-state index in [0.717, 1.165) is 53.1 Å². The molecule has 1 amide bonds. The summed E-state index contributed by atoms with van der Waals surface area (Å²) in [6, 6.07) is 16.1. The number of carbonyl (C=O) groups is 1. The number of thiocarbonyl (C=S) groups is 1. The maximum absolute atomic E-state index is 13.5. The van der Waals surface area contributed by atoms with Crippen LogP contribution in [0.2, 0.25) is 0 Å². The van der Waals surface area contributed by atoms with Crippen LogP contribution in [-0.4, -0.2) is 38.1 Å². The Labute approximate surface area is 229 Å². The van der Waals surface area contributed by atoms with Crippen LogP contribution >= 0.6 is 24.0 Å². The van der Waals surface area contributed by atoms with E-state index in [0.29, 0.717) is 28.3 Å². The SMILES string of the molecule is CCCCC(CC)CN1C(=O)C(=Cc2cn(-c3ccccc3)nc2-c2ccc(OCC)cc2C)SC1=S. The van der Waals surface area contributed by atoms with Crippen LogP contribution in [0.15, 0.2) is 59.6 Å². The number of hydrogen-bond donors (Lipinski definition) is 0. The number of nitrogens with zero attached hydrogens (tertiary/aromatic N) is 3. The van der Waals surface area contributed by atoms with Gasteiger partial charge < -0.3 is 4.74 Å². The van der Waals surface area contributed by atoms with Crippen molar-refractivity contribution in [3.8, 4) is 22.7 Å². The largest absolute Gasteiger partial charge is 0.494 e. The van der Waals surface area contributed by atoms with Gasteiger partial charge in [0.25, 0.3) is 5.91 Å². The molecule has 3 aromatic rings. The number of benzene rings is 2. The Morgan fingerprint density at radius 1 is 1.14 bits per heavy atom. The summed E-state index contributed by atoms with van der Waals surface area (Å²) in [6.07, 6.45) is 8.43. The molecule has 0 saturated carbocycles. The van der Waals surface area contributed by atoms with Crippen molar-refractivity contribution in [3.05, 3.63) is 70.8 Å². The van der Waals surface area contributed by atoms with E-state index in [1.54, 1.807) is 4.90 Å². The van der Waals surface area contributed by atoms with E-state index in [1.807, 2.05) is 72.4 Å². The minimum absolute atomic E-state index is 0.00762. The predicted octanol–water partition coefficient (Wildman–Crippen LogP) is 7.66. The summed E-state index contributed by atoms with van der Waals surface area (Å²) in [5.74, 6) is 1.29. The molecule has 4 rings (SSSR count). The molecule has 1 saturated heterocycles. The molecule has 37 heavy (non-hydrogen) atoms. The number of para-hydroxylation sites is 1. The molecule has 0 spiro atoms. The van der Waals surface area contributed by atoms with Gasteiger partial charge in [0.15, 0.2) is 0 Å². The molecule has 1 aliphatic rings. The fourth-order valence-electron chi connectivity index (χ4n) is 4.55. The smallest absolute Gasteiger partial charge is 0.266 e. The zero-order valence-corrected chi connectivity index (χ0v) is 23.7. The van der Waals surface area contributed by atoms with Crippen molar-refractivity contribution in [1.82, 2.24) is 14.7 Å². The van der Waals surface area contributed by atoms with Crippen molar-refractivity contribution in [2.24, 2.45) is 5.92 Å². The Morgan fingerprint density at radius 2 is 1.92 bits per heavy atom. The van der Waals surface area contributed by atoms with Gasteiger partial charge in [-0.2, -0.15) is 5.10 Å². The maximum Gasteiger partial charge on any atom is 0.266 e. The number of rotatable bonds is 11. The highest BCUT2D eigenvalue weighted by atomic mass is 32.2. The average Bonchev–Trinajstić information content (AvgIpc) is 3.43. The van der Waals surface area contributed by atoms with E-state index in [4.69, 9.17) is 22.1 Å². The third-order valence-corrected chi connectivity index (χ3v) is 8.05. The predicted molar refractivity (Wildman–Crippen MR) is 158 cm³/mol. The lowest BCUT2D eigenvalue weighted by Crippen LogP contribution is -2.33. The average molecular weight is 534 g/mol. The van der Waals surface area contributed by atoms with Crippen molar-refractivity contribution < 1.29 is 9.53 Å². The minimum atomic E-state index is -0.00762. The molecule has 7 heteroatoms. The number of aryl methyl sites for hydroxylation is 1. The second kappa shape index (κ2) is 12.6. The van der Waals surface area contributed by atoms with Crippen LogP contribution in [0.5, 0.6) is 5.75 Å². The first-order valence-electron chi connectivity index (χ1n) is 13.1. The molecule has 194 valence electrons. The molecule has 1 aliphatic heterocycles. The summed E-state index contributed by atoms with van der Waals surface area (Å²) in [5.41, 5.74) is 4.73. The van der Waals surface area contributed by atoms with Crippen LogP contribution in [0.1, 0.15) is 57.6 Å². The third-order valence-electron chi connectivity index (χ3n) is 6.67. The molecule has 1 aromatic heterocycles. The van der Waals surface area contributed by atoms with E-state index < -0.39 is 0 Å². The molecule has 2 aromatic carbocycles. The molecule has 0 bridgehead atoms. The monoisotopic (exact) mass is 533 g/mol. The summed E-state index contributed by atoms with van der Waals surface area (Å²) < 4.78 is 8.20. The topological polar surface area (TPSA) is 47.4 Å². The number of aromatic nitrogens is 2. The Kier molecular flexibility index (Phi) is 9.22. The van der Waals surface area contributed by atoms with E-state index >= 15 is 0 Å². The summed E-state index contributed by atoms with van der Waals surface area (Å²) in [7, 11) is 0. The van der Waals surface area contributed by atoms with Crippen LogP contribution < -0.4 is 4.74 Å². The van der Waals surface area contributed by atoms with Crippen LogP contribution in [0, 0.1) is 12.8 Å². The van der Waals surface area contributed by atoms with Crippen molar-refractivity contribution in [3.63, 3.8) is 0 Å². The number of amides is 1. The lowest BCUT2D eigenvalue weighted by molar-refractivity contribution is -0.122. The van der Waals surface area contributed by atoms with Crippen LogP contribution in [0.3, 0.4) is 0 Å². The van der Waals surface area contributed by atoms with Gasteiger partial charge in [-0.05, 0) is 68.2 Å². The molecule has 5 nitrogen and oxygen atoms in total. The van der Waals surface area contributed by atoms with E-state index in [-0.39, 0.29) is 5.91 Å². The zero-order chi connectivity index (χ0) is 26.4. The number of ether oxygens (including phenoxy) is 1. The second-order valence-corrected chi connectivity index (χ2v) is 11.0. The number of hydrogen-bond acceptors (Lipinski definition) is 5. The van der Waals surface area contributed by atoms with Crippen molar-refractivity contribution in [2.45, 2.75) is 53.4 Å². The molecule has 0 radical (unpaired) electrons. The third kappa shape index (κ3) is 6.33. The molecule has 0 aliphatic carbocycles. The van der Waals surface area contributed by atoms with E-state index in [9.17, 15) is 4.79 Å². The summed E-state index contributed by atoms with van der Waals surface area (Å²) in [4.78, 5) is 15.9. The van der Waals surface area contributed by atoms with E-state index in [1.165, 1.54) is 18.2 Å². The summed E-state index contributed by atoms with van der Waals surface area (Å²) in [5, 5.41) is 4.95. The van der Waals surface area contributed by atoms with Gasteiger partial charge in [-0.25, -0.2) is 4.68 Å². The fourth-order valence-corrected chi connectivity index (χ4v) is 5.81. The summed E-state index contributed by atoms with van der Waals surface area (Å²) >= 11 is 7.04. The first-order valence-corrected chi connectivity index (χ1v) is 14.3. The van der Waals surface area contributed by atoms with Gasteiger partial charge in [0.1, 0.15) is 15.8 Å². The highest BCUT2D eigenvalue weighted by Crippen LogP contribution is 2.37. The lowest BCUT2D eigenvalue weighted by Gasteiger charge is -2.21. The molecular formula is C30H35N3O2S2. The molecule has 1 atom stereocenters. The highest BCUT2D eigenvalue weighted by molar-refractivity contribution is 8.26. The van der Waals surface area contributed by atoms with Gasteiger partial charge in [0.05, 0.1) is 17.2 Å². The number of thioether (sulfide) groups is 1. The van der Waals surface area contributed by atoms with Gasteiger partial charge in [0.2, 0.25) is 0 Å². The first-order chi connectivity index (χ1) is 17.9. The molecule has 1 fully saturated rings. The second-order valence-electron chi connectivity index (χ2n) is 9.33. The van der Waals surface area contributed by atoms with Gasteiger partial charge in [-0.1, -0.05) is 75.3 Å². The maximum atomic E-state index is 13.5. The Bertz CT molecular complexity index is 1280. The molecule has 2 heterocycles. The number of carbonyl (C=O) groups excluding carboxylic acids is 1. The van der Waals surface area contributed by atoms with Crippen molar-refractivity contribution in [1.29, 1.82) is 0 Å². The molecule has 0 N–H and O–H groups in total. The van der Waals surface area contributed by atoms with Crippen molar-refractivity contribution in [2.75, 3.05) is 13.2 Å². The van der Waals surface area contributed by atoms with Crippen LogP contribution in [-0.2, 0) is 4.79 Å². The first kappa shape index (κ1) is 27.1. The fraction of sp³-hybridized carbons (Fsp3) is 0.367. The number of unbranched alkanes of at least 4 members (excludes halogenated alkanes) is 1. The van der Waals surface area contributed by atoms with Gasteiger partial charge in [-0.3, -0.25) is 9.69 Å². The van der Waals surface area contributed by atoms with Gasteiger partial charge in [-0.15, -0.1) is 0 Å². The normalized spacial score (nSPS) is 15.6. The van der Waals surface area contributed by atoms with E-state index in [2.05, 4.69) is 20.8 Å². The Hall–Kier alpha value is -2.90. The molecule has 1 unspecified atom stereocenters. The zero-order valence-electron chi connectivity index (χ0n) is 22.1.